The van der Waals surface area contributed by atoms with Crippen LogP contribution in [0, 0.1) is 6.92 Å². The number of hydrogen-bond acceptors (Lipinski definition) is 7. The number of ketones is 1. The molecule has 0 unspecified atom stereocenters. The van der Waals surface area contributed by atoms with Crippen molar-refractivity contribution in [2.45, 2.75) is 13.5 Å². The van der Waals surface area contributed by atoms with Gasteiger partial charge in [0, 0.05) is 37.3 Å². The molecular formula is C21H23ClN2O5. The highest BCUT2D eigenvalue weighted by molar-refractivity contribution is 6.09. The molecule has 0 fully saturated rings. The molecule has 0 saturated heterocycles. The summed E-state index contributed by atoms with van der Waals surface area (Å²) in [6.45, 7) is 4.82. The Labute approximate surface area is 174 Å². The highest BCUT2D eigenvalue weighted by Crippen LogP contribution is 2.32. The van der Waals surface area contributed by atoms with Gasteiger partial charge in [-0.25, -0.2) is 0 Å². The molecule has 2 aromatic heterocycles. The number of methoxy groups -OCH3 is 1. The summed E-state index contributed by atoms with van der Waals surface area (Å²) in [6, 6.07) is 6.96. The smallest absolute Gasteiger partial charge is 0.228 e. The lowest BCUT2D eigenvalue weighted by atomic mass is 10.1. The number of halogens is 1. The maximum atomic E-state index is 13.0. The zero-order valence-electron chi connectivity index (χ0n) is 16.3. The number of nitrogens with zero attached hydrogens (tertiary/aromatic N) is 1. The van der Waals surface area contributed by atoms with Crippen molar-refractivity contribution in [2.75, 3.05) is 33.5 Å². The van der Waals surface area contributed by atoms with Gasteiger partial charge in [0.05, 0.1) is 12.3 Å². The Morgan fingerprint density at radius 1 is 1.21 bits per heavy atom. The van der Waals surface area contributed by atoms with Gasteiger partial charge < -0.3 is 23.9 Å². The van der Waals surface area contributed by atoms with E-state index in [1.54, 1.807) is 31.4 Å². The third-order valence-electron chi connectivity index (χ3n) is 4.65. The largest absolute Gasteiger partial charge is 0.486 e. The number of carbonyl (C=O) groups is 1. The van der Waals surface area contributed by atoms with Crippen molar-refractivity contribution in [3.63, 3.8) is 0 Å². The fourth-order valence-corrected chi connectivity index (χ4v) is 3.18. The molecule has 1 N–H and O–H groups in total. The zero-order chi connectivity index (χ0) is 19.5. The molecule has 3 aromatic rings. The van der Waals surface area contributed by atoms with E-state index in [1.165, 1.54) is 0 Å². The summed E-state index contributed by atoms with van der Waals surface area (Å²) >= 11 is 0. The first kappa shape index (κ1) is 21.1. The predicted octanol–water partition coefficient (Wildman–Crippen LogP) is 3.30. The number of aryl methyl sites for hydroxylation is 1. The number of ether oxygens (including phenoxy) is 3. The molecule has 0 spiro atoms. The molecule has 154 valence electrons. The van der Waals surface area contributed by atoms with Crippen LogP contribution in [0.3, 0.4) is 0 Å². The second kappa shape index (κ2) is 9.26. The number of nitrogens with one attached hydrogen (secondary N) is 1. The van der Waals surface area contributed by atoms with Crippen LogP contribution >= 0.6 is 12.4 Å². The topological polar surface area (TPSA) is 82.8 Å². The van der Waals surface area contributed by atoms with E-state index in [-0.39, 0.29) is 24.0 Å². The van der Waals surface area contributed by atoms with Crippen LogP contribution in [0.2, 0.25) is 0 Å². The lowest BCUT2D eigenvalue weighted by molar-refractivity contribution is 0.101. The molecule has 1 aromatic carbocycles. The Bertz CT molecular complexity index is 1020. The molecule has 0 amide bonds. The van der Waals surface area contributed by atoms with Crippen LogP contribution in [0.25, 0.3) is 11.0 Å². The highest BCUT2D eigenvalue weighted by atomic mass is 35.5. The number of fused-ring (bicyclic) bond motifs is 2. The van der Waals surface area contributed by atoms with Gasteiger partial charge in [-0.1, -0.05) is 0 Å². The van der Waals surface area contributed by atoms with Crippen molar-refractivity contribution < 1.29 is 23.4 Å². The molecule has 1 aliphatic rings. The molecule has 0 atom stereocenters. The van der Waals surface area contributed by atoms with Gasteiger partial charge in [0.2, 0.25) is 5.78 Å². The summed E-state index contributed by atoms with van der Waals surface area (Å²) in [4.78, 5) is 17.4. The van der Waals surface area contributed by atoms with Crippen LogP contribution in [0.5, 0.6) is 11.5 Å². The third-order valence-corrected chi connectivity index (χ3v) is 4.65. The lowest BCUT2D eigenvalue weighted by Gasteiger charge is -2.18. The standard InChI is InChI=1S/C21H22N2O5.ClH/c1-13-21-16(15(12-23-13)11-22-5-6-25-2)10-19(28-21)20(24)14-3-4-17-18(9-14)27-8-7-26-17;/h3-4,9-10,12,22H,5-8,11H2,1-2H3;1H. The number of pyridine rings is 1. The van der Waals surface area contributed by atoms with Crippen molar-refractivity contribution in [1.29, 1.82) is 0 Å². The second-order valence-corrected chi connectivity index (χ2v) is 6.58. The van der Waals surface area contributed by atoms with Crippen molar-refractivity contribution in [3.8, 4) is 11.5 Å². The van der Waals surface area contributed by atoms with Crippen molar-refractivity contribution in [2.24, 2.45) is 0 Å². The SMILES string of the molecule is COCCNCc1cnc(C)c2oc(C(=O)c3ccc4c(c3)OCCO4)cc12.Cl. The average Bonchev–Trinajstić information content (AvgIpc) is 3.18. The van der Waals surface area contributed by atoms with Crippen LogP contribution < -0.4 is 14.8 Å². The fourth-order valence-electron chi connectivity index (χ4n) is 3.18. The maximum absolute atomic E-state index is 13.0. The number of furan rings is 1. The number of aromatic nitrogens is 1. The molecule has 7 nitrogen and oxygen atoms in total. The van der Waals surface area contributed by atoms with E-state index in [2.05, 4.69) is 10.3 Å². The van der Waals surface area contributed by atoms with Gasteiger partial charge in [-0.15, -0.1) is 12.4 Å². The van der Waals surface area contributed by atoms with Gasteiger partial charge in [0.25, 0.3) is 0 Å². The fraction of sp³-hybridized carbons (Fsp3) is 0.333. The molecule has 4 rings (SSSR count). The Morgan fingerprint density at radius 3 is 2.79 bits per heavy atom. The molecule has 29 heavy (non-hydrogen) atoms. The molecule has 0 saturated carbocycles. The summed E-state index contributed by atoms with van der Waals surface area (Å²) in [5, 5.41) is 4.18. The van der Waals surface area contributed by atoms with E-state index in [0.717, 1.165) is 23.2 Å². The van der Waals surface area contributed by atoms with Crippen LogP contribution in [-0.4, -0.2) is 44.2 Å². The molecule has 3 heterocycles. The predicted molar refractivity (Wildman–Crippen MR) is 110 cm³/mol. The summed E-state index contributed by atoms with van der Waals surface area (Å²) in [5.41, 5.74) is 2.85. The summed E-state index contributed by atoms with van der Waals surface area (Å²) in [7, 11) is 1.67. The normalized spacial score (nSPS) is 12.6. The van der Waals surface area contributed by atoms with Crippen molar-refractivity contribution >= 4 is 29.2 Å². The van der Waals surface area contributed by atoms with Gasteiger partial charge in [-0.3, -0.25) is 9.78 Å². The summed E-state index contributed by atoms with van der Waals surface area (Å²) < 4.78 is 22.0. The number of benzene rings is 1. The maximum Gasteiger partial charge on any atom is 0.228 e. The lowest BCUT2D eigenvalue weighted by Crippen LogP contribution is -2.18. The minimum absolute atomic E-state index is 0. The molecular weight excluding hydrogens is 396 g/mol. The van der Waals surface area contributed by atoms with Crippen LogP contribution in [0.15, 0.2) is 34.9 Å². The molecule has 8 heteroatoms. The second-order valence-electron chi connectivity index (χ2n) is 6.58. The van der Waals surface area contributed by atoms with Crippen molar-refractivity contribution in [1.82, 2.24) is 10.3 Å². The van der Waals surface area contributed by atoms with Gasteiger partial charge >= 0.3 is 0 Å². The molecule has 0 radical (unpaired) electrons. The van der Waals surface area contributed by atoms with E-state index in [1.807, 2.05) is 13.1 Å². The molecule has 0 aliphatic carbocycles. The zero-order valence-corrected chi connectivity index (χ0v) is 17.1. The van der Waals surface area contributed by atoms with E-state index >= 15 is 0 Å². The minimum Gasteiger partial charge on any atom is -0.486 e. The minimum atomic E-state index is -0.203. The highest BCUT2D eigenvalue weighted by Gasteiger charge is 2.20. The summed E-state index contributed by atoms with van der Waals surface area (Å²) in [6.07, 6.45) is 1.81. The third kappa shape index (κ3) is 4.37. The molecule has 1 aliphatic heterocycles. The van der Waals surface area contributed by atoms with E-state index in [0.29, 0.717) is 49.0 Å². The van der Waals surface area contributed by atoms with E-state index in [4.69, 9.17) is 18.6 Å². The number of carbonyl (C=O) groups excluding carboxylic acids is 1. The number of rotatable bonds is 7. The van der Waals surface area contributed by atoms with Gasteiger partial charge in [0.15, 0.2) is 22.8 Å². The first-order valence-electron chi connectivity index (χ1n) is 9.19. The average molecular weight is 419 g/mol. The number of hydrogen-bond donors (Lipinski definition) is 1. The first-order chi connectivity index (χ1) is 13.7. The van der Waals surface area contributed by atoms with E-state index < -0.39 is 0 Å². The Kier molecular flexibility index (Phi) is 6.74. The van der Waals surface area contributed by atoms with Gasteiger partial charge in [0.1, 0.15) is 13.2 Å². The van der Waals surface area contributed by atoms with Gasteiger partial charge in [-0.2, -0.15) is 0 Å². The van der Waals surface area contributed by atoms with Crippen LogP contribution in [-0.2, 0) is 11.3 Å². The Balaban J connectivity index is 0.00000240. The summed E-state index contributed by atoms with van der Waals surface area (Å²) in [5.74, 6) is 1.30. The van der Waals surface area contributed by atoms with E-state index in [9.17, 15) is 4.79 Å². The Morgan fingerprint density at radius 2 is 2.00 bits per heavy atom. The van der Waals surface area contributed by atoms with Gasteiger partial charge in [-0.05, 0) is 36.8 Å². The Hall–Kier alpha value is -2.61. The quantitative estimate of drug-likeness (QED) is 0.465. The van der Waals surface area contributed by atoms with Crippen LogP contribution in [0.4, 0.5) is 0 Å². The first-order valence-corrected chi connectivity index (χ1v) is 9.19. The van der Waals surface area contributed by atoms with Crippen LogP contribution in [0.1, 0.15) is 27.4 Å². The molecule has 0 bridgehead atoms. The monoisotopic (exact) mass is 418 g/mol. The van der Waals surface area contributed by atoms with Crippen molar-refractivity contribution in [3.05, 3.63) is 53.0 Å².